The monoisotopic (exact) mass is 991 g/mol. The van der Waals surface area contributed by atoms with Crippen molar-refractivity contribution >= 4 is 35.3 Å². The molecule has 2 heterocycles. The minimum absolute atomic E-state index is 0.0137. The summed E-state index contributed by atoms with van der Waals surface area (Å²) in [6, 6.07) is 3.34. The molecule has 0 aliphatic carbocycles. The van der Waals surface area contributed by atoms with Crippen molar-refractivity contribution in [3.63, 3.8) is 0 Å². The first kappa shape index (κ1) is 58.5. The van der Waals surface area contributed by atoms with Crippen LogP contribution in [0.4, 0.5) is 25.1 Å². The van der Waals surface area contributed by atoms with Gasteiger partial charge < -0.3 is 79.3 Å². The molecule has 1 aromatic carbocycles. The lowest BCUT2D eigenvalue weighted by Gasteiger charge is -2.21. The van der Waals surface area contributed by atoms with E-state index in [2.05, 4.69) is 26.3 Å². The summed E-state index contributed by atoms with van der Waals surface area (Å²) >= 11 is 0. The van der Waals surface area contributed by atoms with Crippen LogP contribution in [0.1, 0.15) is 42.9 Å². The molecule has 1 saturated heterocycles. The smallest absolute Gasteiger partial charge is 0.413 e. The molecule has 0 spiro atoms. The van der Waals surface area contributed by atoms with Crippen molar-refractivity contribution in [1.29, 1.82) is 0 Å². The van der Waals surface area contributed by atoms with Crippen LogP contribution in [-0.4, -0.2) is 193 Å². The first-order valence-electron chi connectivity index (χ1n) is 22.3. The molecule has 1 aliphatic rings. The van der Waals surface area contributed by atoms with Gasteiger partial charge >= 0.3 is 17.7 Å². The zero-order valence-electron chi connectivity index (χ0n) is 39.3. The molecular weight excluding hydrogens is 925 g/mol. The van der Waals surface area contributed by atoms with E-state index >= 15 is 0 Å². The Balaban J connectivity index is 1.42. The third-order valence-corrected chi connectivity index (χ3v) is 9.82. The summed E-state index contributed by atoms with van der Waals surface area (Å²) in [7, 11) is 1.61. The fourth-order valence-electron chi connectivity index (χ4n) is 5.88. The molecule has 0 radical (unpaired) electrons. The van der Waals surface area contributed by atoms with Gasteiger partial charge in [0.05, 0.1) is 112 Å². The number of hydrogen-bond donors (Lipinski definition) is 7. The lowest BCUT2D eigenvalue weighted by Crippen LogP contribution is -2.50. The number of ether oxygens (including phenoxy) is 10. The Labute approximate surface area is 398 Å². The Bertz CT molecular complexity index is 1920. The predicted octanol–water partition coefficient (Wildman–Crippen LogP) is -0.203. The number of anilines is 2. The van der Waals surface area contributed by atoms with E-state index in [1.165, 1.54) is 25.1 Å². The number of hydrogen-bond acceptors (Lipinski definition) is 19. The molecule has 1 aromatic heterocycles. The quantitative estimate of drug-likeness (QED) is 0.0440. The van der Waals surface area contributed by atoms with Crippen LogP contribution in [0.5, 0.6) is 0 Å². The van der Waals surface area contributed by atoms with Gasteiger partial charge in [0.15, 0.2) is 6.10 Å². The summed E-state index contributed by atoms with van der Waals surface area (Å²) in [5.74, 6) is -6.28. The van der Waals surface area contributed by atoms with E-state index in [4.69, 9.17) is 53.1 Å². The van der Waals surface area contributed by atoms with Gasteiger partial charge in [0, 0.05) is 36.7 Å². The molecule has 4 amide bonds. The average molecular weight is 992 g/mol. The number of benzene rings is 1. The molecular formula is C43H67F2N7O17. The molecule has 0 bridgehead atoms. The van der Waals surface area contributed by atoms with Crippen molar-refractivity contribution < 1.29 is 85.5 Å². The second kappa shape index (κ2) is 32.1. The number of nitrogens with one attached hydrogen (secondary N) is 4. The number of aliphatic hydroxyl groups excluding tert-OH is 2. The van der Waals surface area contributed by atoms with E-state index in [9.17, 15) is 43.0 Å². The molecule has 26 heteroatoms. The second-order valence-electron chi connectivity index (χ2n) is 15.4. The van der Waals surface area contributed by atoms with Crippen LogP contribution in [0.15, 0.2) is 35.3 Å². The highest BCUT2D eigenvalue weighted by atomic mass is 19.3. The van der Waals surface area contributed by atoms with E-state index in [1.807, 2.05) is 0 Å². The molecule has 2 aromatic rings. The number of aromatic nitrogens is 2. The highest BCUT2D eigenvalue weighted by Gasteiger charge is 2.59. The van der Waals surface area contributed by atoms with Crippen LogP contribution in [0.25, 0.3) is 0 Å². The summed E-state index contributed by atoms with van der Waals surface area (Å²) in [5.41, 5.74) is 4.95. The lowest BCUT2D eigenvalue weighted by atomic mass is 10.0. The Morgan fingerprint density at radius 2 is 1.35 bits per heavy atom. The summed E-state index contributed by atoms with van der Waals surface area (Å²) in [5, 5.41) is 29.1. The van der Waals surface area contributed by atoms with Crippen LogP contribution >= 0.6 is 0 Å². The standard InChI is InChI=1S/C43H67F2N7O17/c1-28(2)35(46)39(57)48-29(3)37(55)49-31-6-5-30(27-68-42(59)51-34-7-9-52(41(58)50-34)40-43(44,45)36(54)33(26-53)69-40)32(25-31)38(56)47-8-10-61-13-14-63-17-18-65-21-22-67-24-23-66-20-19-64-16-15-62-12-11-60-4/h5-7,9,25,28-29,33,35-36,40,53-54H,8,10-24,26-27,46H2,1-4H3,(H,47,56)(H,48,57)(H,49,55)(H,50,51,58,59)/t29-,33+,35-,36+,40+/m0/s1. The van der Waals surface area contributed by atoms with Crippen LogP contribution in [0.2, 0.25) is 0 Å². The van der Waals surface area contributed by atoms with Gasteiger partial charge in [-0.05, 0) is 31.0 Å². The van der Waals surface area contributed by atoms with Gasteiger partial charge in [0.25, 0.3) is 5.91 Å². The maximum Gasteiger partial charge on any atom is 0.413 e. The van der Waals surface area contributed by atoms with Crippen LogP contribution in [-0.2, 0) is 63.6 Å². The summed E-state index contributed by atoms with van der Waals surface area (Å²) in [6.07, 6.45) is -6.61. The SMILES string of the molecule is COCCOCCOCCOCCOCCOCCOCCOCCNC(=O)c1cc(NC(=O)[C@H](C)NC(=O)[C@@H](N)C(C)C)ccc1COC(=O)Nc1ccn([C@@H]2O[C@H](CO)[C@@H](O)C2(F)F)c(=O)n1. The van der Waals surface area contributed by atoms with Gasteiger partial charge in [0.1, 0.15) is 24.6 Å². The number of nitrogens with two attached hydrogens (primary N) is 1. The Hall–Kier alpha value is -4.84. The molecule has 1 aliphatic heterocycles. The summed E-state index contributed by atoms with van der Waals surface area (Å²) in [6.45, 7) is 9.46. The van der Waals surface area contributed by atoms with Gasteiger partial charge in [0.2, 0.25) is 18.0 Å². The van der Waals surface area contributed by atoms with Gasteiger partial charge in [-0.15, -0.1) is 0 Å². The third-order valence-electron chi connectivity index (χ3n) is 9.82. The Kier molecular flexibility index (Phi) is 27.2. The molecule has 390 valence electrons. The normalized spacial score (nSPS) is 17.3. The topological polar surface area (TPSA) is 310 Å². The van der Waals surface area contributed by atoms with Crippen molar-refractivity contribution in [2.24, 2.45) is 11.7 Å². The van der Waals surface area contributed by atoms with Crippen molar-refractivity contribution in [3.05, 3.63) is 52.1 Å². The number of alkyl halides is 2. The largest absolute Gasteiger partial charge is 0.444 e. The van der Waals surface area contributed by atoms with Crippen LogP contribution in [0, 0.1) is 5.92 Å². The van der Waals surface area contributed by atoms with Gasteiger partial charge in [-0.3, -0.25) is 24.3 Å². The number of halogens is 2. The van der Waals surface area contributed by atoms with E-state index in [0.29, 0.717) is 83.8 Å². The maximum atomic E-state index is 14.6. The molecule has 1 fully saturated rings. The maximum absolute atomic E-state index is 14.6. The van der Waals surface area contributed by atoms with Gasteiger partial charge in [-0.2, -0.15) is 13.8 Å². The first-order valence-corrected chi connectivity index (χ1v) is 22.3. The Morgan fingerprint density at radius 1 is 0.812 bits per heavy atom. The number of methoxy groups -OCH3 is 1. The summed E-state index contributed by atoms with van der Waals surface area (Å²) in [4.78, 5) is 67.8. The van der Waals surface area contributed by atoms with Gasteiger partial charge in [-0.25, -0.2) is 9.59 Å². The molecule has 0 saturated carbocycles. The highest BCUT2D eigenvalue weighted by Crippen LogP contribution is 2.42. The van der Waals surface area contributed by atoms with E-state index < -0.39 is 79.2 Å². The number of carbonyl (C=O) groups is 4. The molecule has 69 heavy (non-hydrogen) atoms. The molecule has 8 N–H and O–H groups in total. The number of carbonyl (C=O) groups excluding carboxylic acids is 4. The third kappa shape index (κ3) is 21.0. The minimum atomic E-state index is -3.95. The molecule has 3 rings (SSSR count). The van der Waals surface area contributed by atoms with E-state index in [1.54, 1.807) is 21.0 Å². The predicted molar refractivity (Wildman–Crippen MR) is 240 cm³/mol. The second-order valence-corrected chi connectivity index (χ2v) is 15.4. The van der Waals surface area contributed by atoms with Crippen molar-refractivity contribution in [3.8, 4) is 0 Å². The zero-order chi connectivity index (χ0) is 50.6. The number of rotatable bonds is 35. The number of nitrogens with zero attached hydrogens (tertiary/aromatic N) is 2. The number of amides is 4. The molecule has 0 unspecified atom stereocenters. The van der Waals surface area contributed by atoms with Crippen molar-refractivity contribution in [2.75, 3.05) is 130 Å². The van der Waals surface area contributed by atoms with Crippen molar-refractivity contribution in [1.82, 2.24) is 20.2 Å². The number of aliphatic hydroxyl groups is 2. The average Bonchev–Trinajstić information content (AvgIpc) is 3.55. The van der Waals surface area contributed by atoms with Gasteiger partial charge in [-0.1, -0.05) is 19.9 Å². The minimum Gasteiger partial charge on any atom is -0.444 e. The zero-order valence-corrected chi connectivity index (χ0v) is 39.3. The summed E-state index contributed by atoms with van der Waals surface area (Å²) < 4.78 is 82.9. The first-order chi connectivity index (χ1) is 33.1. The van der Waals surface area contributed by atoms with Crippen LogP contribution in [0.3, 0.4) is 0 Å². The van der Waals surface area contributed by atoms with Crippen LogP contribution < -0.4 is 32.7 Å². The van der Waals surface area contributed by atoms with E-state index in [-0.39, 0.29) is 54.9 Å². The molecule has 5 atom stereocenters. The highest BCUT2D eigenvalue weighted by molar-refractivity contribution is 6.00. The Morgan fingerprint density at radius 3 is 1.84 bits per heavy atom. The fraction of sp³-hybridized carbons (Fsp3) is 0.674. The molecule has 24 nitrogen and oxygen atoms in total. The fourth-order valence-corrected chi connectivity index (χ4v) is 5.88. The lowest BCUT2D eigenvalue weighted by molar-refractivity contribution is -0.140. The van der Waals surface area contributed by atoms with Crippen molar-refractivity contribution in [2.45, 2.75) is 63.8 Å². The van der Waals surface area contributed by atoms with E-state index in [0.717, 1.165) is 12.3 Å².